The third-order valence-corrected chi connectivity index (χ3v) is 3.48. The summed E-state index contributed by atoms with van der Waals surface area (Å²) in [6.45, 7) is 7.71. The topological polar surface area (TPSA) is 38.5 Å². The third-order valence-electron chi connectivity index (χ3n) is 2.75. The molecule has 4 heteroatoms. The lowest BCUT2D eigenvalue weighted by Crippen LogP contribution is -2.27. The Morgan fingerprint density at radius 2 is 2.28 bits per heavy atom. The van der Waals surface area contributed by atoms with E-state index in [0.717, 1.165) is 36.3 Å². The van der Waals surface area contributed by atoms with Gasteiger partial charge in [-0.2, -0.15) is 0 Å². The van der Waals surface area contributed by atoms with E-state index in [-0.39, 0.29) is 0 Å². The second kappa shape index (κ2) is 8.43. The van der Waals surface area contributed by atoms with Crippen LogP contribution in [0.25, 0.3) is 0 Å². The lowest BCUT2D eigenvalue weighted by Gasteiger charge is -2.21. The number of hydrogen-bond donors (Lipinski definition) is 1. The molecule has 1 aromatic carbocycles. The molecule has 3 nitrogen and oxygen atoms in total. The van der Waals surface area contributed by atoms with E-state index in [1.165, 1.54) is 5.56 Å². The van der Waals surface area contributed by atoms with Gasteiger partial charge in [0.1, 0.15) is 0 Å². The van der Waals surface area contributed by atoms with Gasteiger partial charge in [-0.25, -0.2) is 0 Å². The predicted octanol–water partition coefficient (Wildman–Crippen LogP) is 2.54. The number of rotatable bonds is 8. The lowest BCUT2D eigenvalue weighted by atomic mass is 10.1. The van der Waals surface area contributed by atoms with Crippen molar-refractivity contribution in [1.29, 1.82) is 0 Å². The summed E-state index contributed by atoms with van der Waals surface area (Å²) in [5.74, 6) is 0. The smallest absolute Gasteiger partial charge is 0.0589 e. The van der Waals surface area contributed by atoms with Crippen LogP contribution in [0.1, 0.15) is 11.1 Å². The van der Waals surface area contributed by atoms with Crippen molar-refractivity contribution in [3.63, 3.8) is 0 Å². The first kappa shape index (κ1) is 15.4. The summed E-state index contributed by atoms with van der Waals surface area (Å²) in [6, 6.07) is 6.27. The van der Waals surface area contributed by atoms with E-state index in [9.17, 15) is 0 Å². The van der Waals surface area contributed by atoms with Gasteiger partial charge in [0, 0.05) is 37.8 Å². The minimum absolute atomic E-state index is 0.568. The van der Waals surface area contributed by atoms with E-state index in [1.807, 2.05) is 6.08 Å². The Kier molecular flexibility index (Phi) is 7.20. The minimum atomic E-state index is 0.568. The molecule has 0 unspecified atom stereocenters. The van der Waals surface area contributed by atoms with Crippen molar-refractivity contribution >= 4 is 15.9 Å². The summed E-state index contributed by atoms with van der Waals surface area (Å²) in [5, 5.41) is 0. The van der Waals surface area contributed by atoms with Gasteiger partial charge in [-0.1, -0.05) is 34.1 Å². The van der Waals surface area contributed by atoms with Crippen molar-refractivity contribution in [1.82, 2.24) is 4.90 Å². The average molecular weight is 313 g/mol. The molecule has 0 heterocycles. The van der Waals surface area contributed by atoms with Crippen molar-refractivity contribution in [3.05, 3.63) is 46.5 Å². The molecular formula is C14H21BrN2O. The highest BCUT2D eigenvalue weighted by Gasteiger charge is 2.07. The van der Waals surface area contributed by atoms with Crippen LogP contribution >= 0.6 is 15.9 Å². The van der Waals surface area contributed by atoms with E-state index in [0.29, 0.717) is 6.54 Å². The van der Waals surface area contributed by atoms with Crippen LogP contribution in [-0.2, 0) is 17.8 Å². The van der Waals surface area contributed by atoms with Crippen molar-refractivity contribution in [3.8, 4) is 0 Å². The van der Waals surface area contributed by atoms with E-state index in [1.54, 1.807) is 7.11 Å². The van der Waals surface area contributed by atoms with Crippen molar-refractivity contribution in [2.45, 2.75) is 13.1 Å². The molecule has 0 aliphatic heterocycles. The molecule has 1 rings (SSSR count). The van der Waals surface area contributed by atoms with Gasteiger partial charge in [0.2, 0.25) is 0 Å². The van der Waals surface area contributed by atoms with Gasteiger partial charge in [-0.3, -0.25) is 4.90 Å². The fraction of sp³-hybridized carbons (Fsp3) is 0.429. The molecule has 18 heavy (non-hydrogen) atoms. The van der Waals surface area contributed by atoms with E-state index < -0.39 is 0 Å². The lowest BCUT2D eigenvalue weighted by molar-refractivity contribution is 0.151. The first-order valence-electron chi connectivity index (χ1n) is 6.00. The summed E-state index contributed by atoms with van der Waals surface area (Å²) in [7, 11) is 1.72. The molecule has 0 bridgehead atoms. The molecule has 0 saturated carbocycles. The molecule has 0 saturated heterocycles. The fourth-order valence-corrected chi connectivity index (χ4v) is 2.28. The number of ether oxygens (including phenoxy) is 1. The number of benzene rings is 1. The molecule has 2 N–H and O–H groups in total. The molecule has 1 aromatic rings. The summed E-state index contributed by atoms with van der Waals surface area (Å²) in [4.78, 5) is 2.29. The third kappa shape index (κ3) is 4.90. The quantitative estimate of drug-likeness (QED) is 0.750. The first-order chi connectivity index (χ1) is 8.71. The van der Waals surface area contributed by atoms with Crippen LogP contribution in [0.5, 0.6) is 0 Å². The minimum Gasteiger partial charge on any atom is -0.383 e. The molecular weight excluding hydrogens is 292 g/mol. The fourth-order valence-electron chi connectivity index (χ4n) is 1.72. The van der Waals surface area contributed by atoms with Crippen LogP contribution < -0.4 is 5.73 Å². The van der Waals surface area contributed by atoms with Crippen LogP contribution in [0.3, 0.4) is 0 Å². The van der Waals surface area contributed by atoms with E-state index in [2.05, 4.69) is 45.6 Å². The van der Waals surface area contributed by atoms with Crippen molar-refractivity contribution in [2.75, 3.05) is 26.8 Å². The van der Waals surface area contributed by atoms with E-state index in [4.69, 9.17) is 10.5 Å². The van der Waals surface area contributed by atoms with Crippen LogP contribution in [-0.4, -0.2) is 31.7 Å². The van der Waals surface area contributed by atoms with Crippen molar-refractivity contribution < 1.29 is 4.74 Å². The van der Waals surface area contributed by atoms with Gasteiger partial charge in [0.15, 0.2) is 0 Å². The standard InChI is InChI=1S/C14H21BrN2O/c1-3-6-17(7-8-18-2)11-13-5-4-12(10-16)9-14(13)15/h3-5,9H,1,6-8,10-11,16H2,2H3. The molecule has 0 radical (unpaired) electrons. The molecule has 0 aromatic heterocycles. The Hall–Kier alpha value is -0.680. The van der Waals surface area contributed by atoms with Gasteiger partial charge < -0.3 is 10.5 Å². The van der Waals surface area contributed by atoms with Crippen LogP contribution in [0.4, 0.5) is 0 Å². The predicted molar refractivity (Wildman–Crippen MR) is 79.4 cm³/mol. The molecule has 0 atom stereocenters. The molecule has 0 aliphatic carbocycles. The monoisotopic (exact) mass is 312 g/mol. The number of nitrogens with two attached hydrogens (primary N) is 1. The maximum absolute atomic E-state index is 5.62. The van der Waals surface area contributed by atoms with Gasteiger partial charge in [-0.15, -0.1) is 6.58 Å². The molecule has 0 amide bonds. The zero-order chi connectivity index (χ0) is 13.4. The number of hydrogen-bond acceptors (Lipinski definition) is 3. The Morgan fingerprint density at radius 1 is 1.50 bits per heavy atom. The highest BCUT2D eigenvalue weighted by atomic mass is 79.9. The van der Waals surface area contributed by atoms with E-state index >= 15 is 0 Å². The summed E-state index contributed by atoms with van der Waals surface area (Å²) >= 11 is 3.60. The summed E-state index contributed by atoms with van der Waals surface area (Å²) in [6.07, 6.45) is 1.91. The largest absolute Gasteiger partial charge is 0.383 e. The van der Waals surface area contributed by atoms with Gasteiger partial charge in [-0.05, 0) is 17.2 Å². The van der Waals surface area contributed by atoms with Crippen LogP contribution in [0.15, 0.2) is 35.3 Å². The van der Waals surface area contributed by atoms with Crippen LogP contribution in [0, 0.1) is 0 Å². The second-order valence-electron chi connectivity index (χ2n) is 4.15. The SMILES string of the molecule is C=CCN(CCOC)Cc1ccc(CN)cc1Br. The Labute approximate surface area is 118 Å². The van der Waals surface area contributed by atoms with Crippen LogP contribution in [0.2, 0.25) is 0 Å². The van der Waals surface area contributed by atoms with Gasteiger partial charge in [0.25, 0.3) is 0 Å². The zero-order valence-electron chi connectivity index (χ0n) is 10.9. The summed E-state index contributed by atoms with van der Waals surface area (Å²) in [5.41, 5.74) is 8.01. The maximum atomic E-state index is 5.62. The van der Waals surface area contributed by atoms with Gasteiger partial charge >= 0.3 is 0 Å². The molecule has 100 valence electrons. The second-order valence-corrected chi connectivity index (χ2v) is 5.00. The highest BCUT2D eigenvalue weighted by Crippen LogP contribution is 2.20. The normalized spacial score (nSPS) is 10.9. The average Bonchev–Trinajstić information content (AvgIpc) is 2.38. The van der Waals surface area contributed by atoms with Gasteiger partial charge in [0.05, 0.1) is 6.61 Å². The Morgan fingerprint density at radius 3 is 2.83 bits per heavy atom. The number of halogens is 1. The first-order valence-corrected chi connectivity index (χ1v) is 6.80. The molecule has 0 fully saturated rings. The number of methoxy groups -OCH3 is 1. The summed E-state index contributed by atoms with van der Waals surface area (Å²) < 4.78 is 6.23. The van der Waals surface area contributed by atoms with Crippen molar-refractivity contribution in [2.24, 2.45) is 5.73 Å². The Balaban J connectivity index is 2.70. The molecule has 0 spiro atoms. The maximum Gasteiger partial charge on any atom is 0.0589 e. The highest BCUT2D eigenvalue weighted by molar-refractivity contribution is 9.10. The molecule has 0 aliphatic rings. The number of nitrogens with zero attached hydrogens (tertiary/aromatic N) is 1. The Bertz CT molecular complexity index is 382. The zero-order valence-corrected chi connectivity index (χ0v) is 12.4.